The SMILES string of the molecule is CN1CCN(Cc2c(F)cccc2F)C[C@H](C(=O)N(C)C)C1. The highest BCUT2D eigenvalue weighted by Gasteiger charge is 2.28. The minimum atomic E-state index is -0.534. The molecule has 1 aliphatic heterocycles. The summed E-state index contributed by atoms with van der Waals surface area (Å²) in [5.41, 5.74) is 0.0723. The van der Waals surface area contributed by atoms with Crippen LogP contribution in [0.5, 0.6) is 0 Å². The summed E-state index contributed by atoms with van der Waals surface area (Å²) in [5, 5.41) is 0. The summed E-state index contributed by atoms with van der Waals surface area (Å²) in [6.07, 6.45) is 0. The highest BCUT2D eigenvalue weighted by molar-refractivity contribution is 5.78. The third-order valence-electron chi connectivity index (χ3n) is 4.04. The summed E-state index contributed by atoms with van der Waals surface area (Å²) in [6, 6.07) is 3.90. The van der Waals surface area contributed by atoms with E-state index in [2.05, 4.69) is 4.90 Å². The first-order valence-electron chi connectivity index (χ1n) is 7.43. The van der Waals surface area contributed by atoms with E-state index in [1.54, 1.807) is 19.0 Å². The highest BCUT2D eigenvalue weighted by Crippen LogP contribution is 2.18. The second-order valence-corrected chi connectivity index (χ2v) is 6.13. The van der Waals surface area contributed by atoms with Crippen molar-refractivity contribution < 1.29 is 13.6 Å². The molecule has 122 valence electrons. The lowest BCUT2D eigenvalue weighted by atomic mass is 10.1. The molecule has 22 heavy (non-hydrogen) atoms. The number of hydrogen-bond acceptors (Lipinski definition) is 3. The first-order chi connectivity index (χ1) is 10.4. The Bertz CT molecular complexity index is 516. The van der Waals surface area contributed by atoms with Crippen LogP contribution in [0.3, 0.4) is 0 Å². The number of amides is 1. The van der Waals surface area contributed by atoms with Crippen molar-refractivity contribution in [3.8, 4) is 0 Å². The van der Waals surface area contributed by atoms with E-state index in [1.165, 1.54) is 18.2 Å². The van der Waals surface area contributed by atoms with E-state index < -0.39 is 11.6 Å². The molecular weight excluding hydrogens is 288 g/mol. The van der Waals surface area contributed by atoms with Gasteiger partial charge in [-0.3, -0.25) is 9.69 Å². The van der Waals surface area contributed by atoms with Crippen molar-refractivity contribution in [2.24, 2.45) is 5.92 Å². The molecule has 1 atom stereocenters. The lowest BCUT2D eigenvalue weighted by Gasteiger charge is -2.25. The van der Waals surface area contributed by atoms with E-state index in [1.807, 2.05) is 11.9 Å². The number of carbonyl (C=O) groups excluding carboxylic acids is 1. The molecule has 0 spiro atoms. The number of rotatable bonds is 3. The topological polar surface area (TPSA) is 26.8 Å². The molecule has 2 rings (SSSR count). The lowest BCUT2D eigenvalue weighted by Crippen LogP contribution is -2.40. The summed E-state index contributed by atoms with van der Waals surface area (Å²) >= 11 is 0. The molecule has 1 aliphatic rings. The summed E-state index contributed by atoms with van der Waals surface area (Å²) in [7, 11) is 5.42. The van der Waals surface area contributed by atoms with Gasteiger partial charge >= 0.3 is 0 Å². The van der Waals surface area contributed by atoms with E-state index in [0.29, 0.717) is 19.6 Å². The molecule has 1 aromatic carbocycles. The maximum Gasteiger partial charge on any atom is 0.227 e. The van der Waals surface area contributed by atoms with Gasteiger partial charge in [-0.15, -0.1) is 0 Å². The van der Waals surface area contributed by atoms with Gasteiger partial charge in [0.05, 0.1) is 5.92 Å². The van der Waals surface area contributed by atoms with Crippen LogP contribution in [0.15, 0.2) is 18.2 Å². The predicted octanol–water partition coefficient (Wildman–Crippen LogP) is 1.42. The molecule has 0 N–H and O–H groups in total. The van der Waals surface area contributed by atoms with Gasteiger partial charge in [-0.1, -0.05) is 6.07 Å². The Balaban J connectivity index is 2.14. The molecule has 4 nitrogen and oxygen atoms in total. The number of benzene rings is 1. The van der Waals surface area contributed by atoms with Crippen molar-refractivity contribution in [1.82, 2.24) is 14.7 Å². The van der Waals surface area contributed by atoms with Crippen molar-refractivity contribution in [1.29, 1.82) is 0 Å². The van der Waals surface area contributed by atoms with Crippen LogP contribution in [0.4, 0.5) is 8.78 Å². The number of carbonyl (C=O) groups is 1. The molecule has 1 heterocycles. The molecule has 0 aliphatic carbocycles. The van der Waals surface area contributed by atoms with Crippen LogP contribution < -0.4 is 0 Å². The van der Waals surface area contributed by atoms with Crippen LogP contribution in [0.1, 0.15) is 5.56 Å². The molecule has 1 aromatic rings. The maximum atomic E-state index is 13.8. The van der Waals surface area contributed by atoms with Gasteiger partial charge in [-0.25, -0.2) is 8.78 Å². The van der Waals surface area contributed by atoms with Crippen LogP contribution in [-0.4, -0.2) is 67.9 Å². The second-order valence-electron chi connectivity index (χ2n) is 6.13. The fraction of sp³-hybridized carbons (Fsp3) is 0.562. The Kier molecular flexibility index (Phi) is 5.47. The minimum Gasteiger partial charge on any atom is -0.348 e. The average molecular weight is 311 g/mol. The molecule has 0 bridgehead atoms. The fourth-order valence-electron chi connectivity index (χ4n) is 2.81. The van der Waals surface area contributed by atoms with E-state index in [4.69, 9.17) is 0 Å². The van der Waals surface area contributed by atoms with Crippen LogP contribution in [0, 0.1) is 17.6 Å². The Morgan fingerprint density at radius 1 is 1.23 bits per heavy atom. The van der Waals surface area contributed by atoms with Crippen LogP contribution in [0.2, 0.25) is 0 Å². The summed E-state index contributed by atoms with van der Waals surface area (Å²) in [4.78, 5) is 17.9. The van der Waals surface area contributed by atoms with E-state index in [-0.39, 0.29) is 23.9 Å². The Morgan fingerprint density at radius 3 is 2.45 bits per heavy atom. The summed E-state index contributed by atoms with van der Waals surface area (Å²) < 4.78 is 27.6. The van der Waals surface area contributed by atoms with Gasteiger partial charge in [0, 0.05) is 52.4 Å². The Morgan fingerprint density at radius 2 is 1.86 bits per heavy atom. The summed E-state index contributed by atoms with van der Waals surface area (Å²) in [5.74, 6) is -1.20. The molecule has 1 amide bonds. The van der Waals surface area contributed by atoms with Gasteiger partial charge in [0.2, 0.25) is 5.91 Å². The lowest BCUT2D eigenvalue weighted by molar-refractivity contribution is -0.133. The number of likely N-dealkylation sites (N-methyl/N-ethyl adjacent to an activating group) is 1. The van der Waals surface area contributed by atoms with Crippen molar-refractivity contribution >= 4 is 5.91 Å². The van der Waals surface area contributed by atoms with Gasteiger partial charge in [0.1, 0.15) is 11.6 Å². The van der Waals surface area contributed by atoms with Crippen molar-refractivity contribution in [3.05, 3.63) is 35.4 Å². The molecule has 6 heteroatoms. The molecule has 0 aromatic heterocycles. The third-order valence-corrected chi connectivity index (χ3v) is 4.04. The van der Waals surface area contributed by atoms with Gasteiger partial charge in [0.15, 0.2) is 0 Å². The monoisotopic (exact) mass is 311 g/mol. The number of nitrogens with zero attached hydrogens (tertiary/aromatic N) is 3. The molecule has 0 unspecified atom stereocenters. The van der Waals surface area contributed by atoms with Gasteiger partial charge < -0.3 is 9.80 Å². The van der Waals surface area contributed by atoms with Gasteiger partial charge in [-0.2, -0.15) is 0 Å². The largest absolute Gasteiger partial charge is 0.348 e. The van der Waals surface area contributed by atoms with E-state index in [9.17, 15) is 13.6 Å². The fourth-order valence-corrected chi connectivity index (χ4v) is 2.81. The first-order valence-corrected chi connectivity index (χ1v) is 7.43. The zero-order valence-electron chi connectivity index (χ0n) is 13.4. The first kappa shape index (κ1) is 16.8. The van der Waals surface area contributed by atoms with E-state index in [0.717, 1.165) is 6.54 Å². The minimum absolute atomic E-state index is 0.0488. The molecule has 0 radical (unpaired) electrons. The van der Waals surface area contributed by atoms with Crippen LogP contribution in [0.25, 0.3) is 0 Å². The quantitative estimate of drug-likeness (QED) is 0.845. The van der Waals surface area contributed by atoms with Crippen molar-refractivity contribution in [2.75, 3.05) is 47.3 Å². The van der Waals surface area contributed by atoms with Gasteiger partial charge in [0.25, 0.3) is 0 Å². The normalized spacial score (nSPS) is 20.7. The molecule has 0 saturated carbocycles. The highest BCUT2D eigenvalue weighted by atomic mass is 19.1. The second kappa shape index (κ2) is 7.15. The zero-order chi connectivity index (χ0) is 16.3. The third kappa shape index (κ3) is 4.01. The number of halogens is 2. The zero-order valence-corrected chi connectivity index (χ0v) is 13.4. The van der Waals surface area contributed by atoms with Crippen molar-refractivity contribution in [2.45, 2.75) is 6.54 Å². The molecular formula is C16H23F2N3O. The maximum absolute atomic E-state index is 13.8. The van der Waals surface area contributed by atoms with Crippen LogP contribution in [-0.2, 0) is 11.3 Å². The van der Waals surface area contributed by atoms with Gasteiger partial charge in [-0.05, 0) is 19.2 Å². The van der Waals surface area contributed by atoms with E-state index >= 15 is 0 Å². The van der Waals surface area contributed by atoms with Crippen LogP contribution >= 0.6 is 0 Å². The summed E-state index contributed by atoms with van der Waals surface area (Å²) in [6.45, 7) is 2.81. The standard InChI is InChI=1S/C16H23F2N3O/c1-19(2)16(22)12-9-20(3)7-8-21(10-12)11-13-14(17)5-4-6-15(13)18/h4-6,12H,7-11H2,1-3H3/t12-/m1/s1. The Hall–Kier alpha value is -1.53. The molecule has 1 fully saturated rings. The number of hydrogen-bond donors (Lipinski definition) is 0. The average Bonchev–Trinajstić information content (AvgIpc) is 2.64. The predicted molar refractivity (Wildman–Crippen MR) is 81.3 cm³/mol. The Labute approximate surface area is 130 Å². The smallest absolute Gasteiger partial charge is 0.227 e. The van der Waals surface area contributed by atoms with Crippen molar-refractivity contribution in [3.63, 3.8) is 0 Å². The molecule has 1 saturated heterocycles.